The highest BCUT2D eigenvalue weighted by molar-refractivity contribution is 4.88. The van der Waals surface area contributed by atoms with E-state index in [1.807, 2.05) is 20.8 Å². The van der Waals surface area contributed by atoms with E-state index >= 15 is 0 Å². The molecule has 0 aliphatic carbocycles. The average Bonchev–Trinajstić information content (AvgIpc) is 2.00. The molecule has 0 aromatic heterocycles. The molecule has 0 radical (unpaired) electrons. The van der Waals surface area contributed by atoms with Crippen LogP contribution in [0.2, 0.25) is 0 Å². The first-order valence-electron chi connectivity index (χ1n) is 4.50. The lowest BCUT2D eigenvalue weighted by Gasteiger charge is -2.13. The van der Waals surface area contributed by atoms with Gasteiger partial charge in [0.2, 0.25) is 0 Å². The van der Waals surface area contributed by atoms with Gasteiger partial charge in [-0.3, -0.25) is 0 Å². The van der Waals surface area contributed by atoms with Gasteiger partial charge in [0.1, 0.15) is 0 Å². The van der Waals surface area contributed by atoms with Crippen LogP contribution in [0, 0.1) is 0 Å². The topological polar surface area (TPSA) is 18.5 Å². The maximum atomic E-state index is 5.43. The fraction of sp³-hybridized carbons (Fsp3) is 0.636. The molecule has 1 atom stereocenters. The van der Waals surface area contributed by atoms with Crippen LogP contribution < -0.4 is 0 Å². The maximum Gasteiger partial charge on any atom is 0.0785 e. The van der Waals surface area contributed by atoms with Gasteiger partial charge in [-0.2, -0.15) is 0 Å². The van der Waals surface area contributed by atoms with Gasteiger partial charge in [-0.1, -0.05) is 24.3 Å². The Morgan fingerprint density at radius 1 is 1.15 bits per heavy atom. The quantitative estimate of drug-likeness (QED) is 0.566. The summed E-state index contributed by atoms with van der Waals surface area (Å²) in [5, 5.41) is 0. The van der Waals surface area contributed by atoms with Gasteiger partial charge in [0.05, 0.1) is 25.9 Å². The van der Waals surface area contributed by atoms with Crippen LogP contribution in [0.3, 0.4) is 0 Å². The summed E-state index contributed by atoms with van der Waals surface area (Å²) in [6.07, 6.45) is 0.121. The minimum absolute atomic E-state index is 0.121. The van der Waals surface area contributed by atoms with E-state index in [2.05, 4.69) is 13.2 Å². The summed E-state index contributed by atoms with van der Waals surface area (Å²) in [5.74, 6) is 0. The molecule has 13 heavy (non-hydrogen) atoms. The zero-order valence-corrected chi connectivity index (χ0v) is 8.93. The zero-order chi connectivity index (χ0) is 10.3. The molecule has 0 spiro atoms. The largest absolute Gasteiger partial charge is 0.374 e. The van der Waals surface area contributed by atoms with Crippen molar-refractivity contribution in [2.45, 2.75) is 26.9 Å². The summed E-state index contributed by atoms with van der Waals surface area (Å²) in [4.78, 5) is 0. The SMILES string of the molecule is C=C(C)COCC(C)OCC(=C)C. The first kappa shape index (κ1) is 12.4. The van der Waals surface area contributed by atoms with Crippen LogP contribution in [-0.4, -0.2) is 25.9 Å². The highest BCUT2D eigenvalue weighted by Crippen LogP contribution is 1.97. The van der Waals surface area contributed by atoms with Crippen molar-refractivity contribution < 1.29 is 9.47 Å². The van der Waals surface area contributed by atoms with Crippen molar-refractivity contribution in [1.82, 2.24) is 0 Å². The van der Waals surface area contributed by atoms with E-state index in [1.165, 1.54) is 0 Å². The molecule has 76 valence electrons. The van der Waals surface area contributed by atoms with Gasteiger partial charge in [-0.05, 0) is 20.8 Å². The number of hydrogen-bond acceptors (Lipinski definition) is 2. The first-order valence-corrected chi connectivity index (χ1v) is 4.50. The fourth-order valence-electron chi connectivity index (χ4n) is 0.732. The fourth-order valence-corrected chi connectivity index (χ4v) is 0.732. The Kier molecular flexibility index (Phi) is 6.55. The molecule has 0 amide bonds. The second-order valence-corrected chi connectivity index (χ2v) is 3.55. The van der Waals surface area contributed by atoms with Gasteiger partial charge in [0.15, 0.2) is 0 Å². The molecule has 0 saturated heterocycles. The first-order chi connectivity index (χ1) is 6.02. The van der Waals surface area contributed by atoms with Crippen molar-refractivity contribution in [1.29, 1.82) is 0 Å². The molecule has 2 nitrogen and oxygen atoms in total. The number of ether oxygens (including phenoxy) is 2. The third-order valence-electron chi connectivity index (χ3n) is 1.32. The highest BCUT2D eigenvalue weighted by atomic mass is 16.5. The van der Waals surface area contributed by atoms with E-state index in [4.69, 9.17) is 9.47 Å². The van der Waals surface area contributed by atoms with Crippen LogP contribution >= 0.6 is 0 Å². The molecule has 0 aliphatic rings. The number of hydrogen-bond donors (Lipinski definition) is 0. The Morgan fingerprint density at radius 2 is 1.69 bits per heavy atom. The van der Waals surface area contributed by atoms with E-state index in [-0.39, 0.29) is 6.10 Å². The van der Waals surface area contributed by atoms with E-state index in [1.54, 1.807) is 0 Å². The summed E-state index contributed by atoms with van der Waals surface area (Å²) in [6, 6.07) is 0. The van der Waals surface area contributed by atoms with Crippen LogP contribution in [0.5, 0.6) is 0 Å². The summed E-state index contributed by atoms with van der Waals surface area (Å²) in [5.41, 5.74) is 2.07. The van der Waals surface area contributed by atoms with Crippen LogP contribution in [0.15, 0.2) is 24.3 Å². The lowest BCUT2D eigenvalue weighted by Crippen LogP contribution is -2.17. The minimum Gasteiger partial charge on any atom is -0.374 e. The molecule has 0 N–H and O–H groups in total. The molecule has 0 aromatic rings. The van der Waals surface area contributed by atoms with E-state index < -0.39 is 0 Å². The molecule has 0 heterocycles. The second kappa shape index (κ2) is 6.87. The highest BCUT2D eigenvalue weighted by Gasteiger charge is 2.01. The molecular weight excluding hydrogens is 164 g/mol. The molecule has 1 unspecified atom stereocenters. The normalized spacial score (nSPS) is 12.5. The van der Waals surface area contributed by atoms with Crippen molar-refractivity contribution in [3.8, 4) is 0 Å². The molecular formula is C11H20O2. The molecule has 0 saturated carbocycles. The van der Waals surface area contributed by atoms with Crippen LogP contribution in [0.25, 0.3) is 0 Å². The van der Waals surface area contributed by atoms with Gasteiger partial charge < -0.3 is 9.47 Å². The molecule has 0 bridgehead atoms. The number of rotatable bonds is 7. The summed E-state index contributed by atoms with van der Waals surface area (Å²) in [6.45, 7) is 15.2. The molecule has 0 rings (SSSR count). The van der Waals surface area contributed by atoms with E-state index in [0.29, 0.717) is 19.8 Å². The zero-order valence-electron chi connectivity index (χ0n) is 8.93. The van der Waals surface area contributed by atoms with E-state index in [9.17, 15) is 0 Å². The maximum absolute atomic E-state index is 5.43. The molecule has 0 aliphatic heterocycles. The van der Waals surface area contributed by atoms with Crippen LogP contribution in [-0.2, 0) is 9.47 Å². The summed E-state index contributed by atoms with van der Waals surface area (Å²) >= 11 is 0. The Bertz CT molecular complexity index is 173. The molecule has 2 heteroatoms. The summed E-state index contributed by atoms with van der Waals surface area (Å²) in [7, 11) is 0. The Hall–Kier alpha value is -0.600. The third kappa shape index (κ3) is 9.31. The molecule has 0 aromatic carbocycles. The minimum atomic E-state index is 0.121. The van der Waals surface area contributed by atoms with Crippen molar-refractivity contribution in [2.24, 2.45) is 0 Å². The monoisotopic (exact) mass is 184 g/mol. The van der Waals surface area contributed by atoms with Gasteiger partial charge in [0, 0.05) is 0 Å². The van der Waals surface area contributed by atoms with Crippen molar-refractivity contribution >= 4 is 0 Å². The standard InChI is InChI=1S/C11H20O2/c1-9(2)6-12-8-11(5)13-7-10(3)4/h11H,1,3,6-8H2,2,4-5H3. The van der Waals surface area contributed by atoms with Gasteiger partial charge in [-0.25, -0.2) is 0 Å². The predicted octanol–water partition coefficient (Wildman–Crippen LogP) is 2.56. The predicted molar refractivity (Wildman–Crippen MR) is 55.9 cm³/mol. The lowest BCUT2D eigenvalue weighted by atomic mass is 10.3. The Balaban J connectivity index is 3.35. The summed E-state index contributed by atoms with van der Waals surface area (Å²) < 4.78 is 10.8. The second-order valence-electron chi connectivity index (χ2n) is 3.55. The third-order valence-corrected chi connectivity index (χ3v) is 1.32. The Morgan fingerprint density at radius 3 is 2.15 bits per heavy atom. The lowest BCUT2D eigenvalue weighted by molar-refractivity contribution is 0.00878. The van der Waals surface area contributed by atoms with Gasteiger partial charge in [-0.15, -0.1) is 0 Å². The van der Waals surface area contributed by atoms with E-state index in [0.717, 1.165) is 11.1 Å². The molecule has 0 fully saturated rings. The van der Waals surface area contributed by atoms with Crippen molar-refractivity contribution in [2.75, 3.05) is 19.8 Å². The van der Waals surface area contributed by atoms with Crippen molar-refractivity contribution in [3.63, 3.8) is 0 Å². The smallest absolute Gasteiger partial charge is 0.0785 e. The van der Waals surface area contributed by atoms with Crippen LogP contribution in [0.4, 0.5) is 0 Å². The van der Waals surface area contributed by atoms with Gasteiger partial charge in [0.25, 0.3) is 0 Å². The average molecular weight is 184 g/mol. The Labute approximate surface area is 81.2 Å². The van der Waals surface area contributed by atoms with Crippen LogP contribution in [0.1, 0.15) is 20.8 Å². The van der Waals surface area contributed by atoms with Gasteiger partial charge >= 0.3 is 0 Å². The van der Waals surface area contributed by atoms with Crippen molar-refractivity contribution in [3.05, 3.63) is 24.3 Å².